The number of sulfonamides is 1. The lowest BCUT2D eigenvalue weighted by Gasteiger charge is -2.31. The lowest BCUT2D eigenvalue weighted by molar-refractivity contribution is 0.100. The third kappa shape index (κ3) is 2.77. The van der Waals surface area contributed by atoms with Crippen LogP contribution in [-0.2, 0) is 10.0 Å². The average molecular weight is 324 g/mol. The van der Waals surface area contributed by atoms with Crippen LogP contribution in [0.2, 0.25) is 5.02 Å². The number of halogens is 1. The zero-order valence-corrected chi connectivity index (χ0v) is 12.7. The number of nitrogens with two attached hydrogens (primary N) is 1. The largest absolute Gasteiger partial charge is 0.365 e. The van der Waals surface area contributed by atoms with Crippen LogP contribution in [0.1, 0.15) is 9.67 Å². The number of primary amides is 1. The highest BCUT2D eigenvalue weighted by Crippen LogP contribution is 2.33. The summed E-state index contributed by atoms with van der Waals surface area (Å²) in [7, 11) is -1.71. The quantitative estimate of drug-likeness (QED) is 0.874. The molecule has 0 spiro atoms. The maximum atomic E-state index is 12.4. The molecule has 0 bridgehead atoms. The van der Waals surface area contributed by atoms with E-state index in [0.29, 0.717) is 26.2 Å². The zero-order chi connectivity index (χ0) is 14.2. The van der Waals surface area contributed by atoms with Crippen molar-refractivity contribution in [3.05, 3.63) is 15.3 Å². The number of nitrogens with zero attached hydrogens (tertiary/aromatic N) is 2. The Morgan fingerprint density at radius 1 is 1.37 bits per heavy atom. The second-order valence-corrected chi connectivity index (χ2v) is 7.48. The van der Waals surface area contributed by atoms with E-state index in [1.165, 1.54) is 9.69 Å². The van der Waals surface area contributed by atoms with Gasteiger partial charge < -0.3 is 10.6 Å². The van der Waals surface area contributed by atoms with Gasteiger partial charge in [0.1, 0.15) is 9.77 Å². The van der Waals surface area contributed by atoms with Crippen LogP contribution in [0.25, 0.3) is 0 Å². The normalized spacial score (nSPS) is 18.6. The van der Waals surface area contributed by atoms with Crippen LogP contribution in [-0.4, -0.2) is 56.8 Å². The lowest BCUT2D eigenvalue weighted by atomic mass is 10.4. The first kappa shape index (κ1) is 14.7. The Hall–Kier alpha value is -0.670. The van der Waals surface area contributed by atoms with Gasteiger partial charge in [0.2, 0.25) is 10.0 Å². The Bertz CT molecular complexity index is 591. The average Bonchev–Trinajstić information content (AvgIpc) is 2.72. The van der Waals surface area contributed by atoms with Crippen molar-refractivity contribution in [2.45, 2.75) is 4.90 Å². The molecule has 1 aliphatic rings. The standard InChI is InChI=1S/C10H14ClN3O3S2/c1-13-2-4-14(5-3-13)19(16,17)7-6-18-9(8(7)11)10(12)15/h6H,2-5H2,1H3,(H2,12,15). The van der Waals surface area contributed by atoms with Crippen LogP contribution in [0, 0.1) is 0 Å². The van der Waals surface area contributed by atoms with E-state index in [-0.39, 0.29) is 14.8 Å². The summed E-state index contributed by atoms with van der Waals surface area (Å²) in [5, 5.41) is 1.30. The molecule has 0 atom stereocenters. The molecule has 1 amide bonds. The minimum Gasteiger partial charge on any atom is -0.365 e. The molecule has 0 aromatic carbocycles. The molecule has 0 saturated carbocycles. The minimum absolute atomic E-state index is 0.0301. The van der Waals surface area contributed by atoms with Crippen LogP contribution < -0.4 is 5.73 Å². The minimum atomic E-state index is -3.65. The summed E-state index contributed by atoms with van der Waals surface area (Å²) in [6, 6.07) is 0. The SMILES string of the molecule is CN1CCN(S(=O)(=O)c2csc(C(N)=O)c2Cl)CC1. The number of likely N-dealkylation sites (N-methyl/N-ethyl adjacent to an activating group) is 1. The van der Waals surface area contributed by atoms with Gasteiger partial charge in [-0.2, -0.15) is 4.31 Å². The van der Waals surface area contributed by atoms with Crippen LogP contribution in [0.15, 0.2) is 10.3 Å². The molecule has 6 nitrogen and oxygen atoms in total. The van der Waals surface area contributed by atoms with Gasteiger partial charge in [-0.05, 0) is 7.05 Å². The topological polar surface area (TPSA) is 83.7 Å². The van der Waals surface area contributed by atoms with Crippen molar-refractivity contribution >= 4 is 38.9 Å². The monoisotopic (exact) mass is 323 g/mol. The molecule has 2 rings (SSSR count). The number of carbonyl (C=O) groups is 1. The van der Waals surface area contributed by atoms with E-state index in [2.05, 4.69) is 4.90 Å². The van der Waals surface area contributed by atoms with E-state index in [1.807, 2.05) is 7.05 Å². The number of rotatable bonds is 3. The van der Waals surface area contributed by atoms with Crippen molar-refractivity contribution in [2.24, 2.45) is 5.73 Å². The number of carbonyl (C=O) groups excluding carboxylic acids is 1. The summed E-state index contributed by atoms with van der Waals surface area (Å²) in [5.74, 6) is -0.713. The van der Waals surface area contributed by atoms with Gasteiger partial charge in [-0.3, -0.25) is 4.79 Å². The third-order valence-electron chi connectivity index (χ3n) is 3.00. The second-order valence-electron chi connectivity index (χ2n) is 4.31. The van der Waals surface area contributed by atoms with Gasteiger partial charge in [-0.15, -0.1) is 11.3 Å². The van der Waals surface area contributed by atoms with Crippen molar-refractivity contribution in [1.82, 2.24) is 9.21 Å². The summed E-state index contributed by atoms with van der Waals surface area (Å²) in [6.45, 7) is 2.17. The molecule has 2 N–H and O–H groups in total. The van der Waals surface area contributed by atoms with Crippen LogP contribution in [0.3, 0.4) is 0 Å². The molecule has 106 valence electrons. The highest BCUT2D eigenvalue weighted by molar-refractivity contribution is 7.89. The van der Waals surface area contributed by atoms with Crippen molar-refractivity contribution in [1.29, 1.82) is 0 Å². The molecule has 9 heteroatoms. The zero-order valence-electron chi connectivity index (χ0n) is 10.3. The highest BCUT2D eigenvalue weighted by Gasteiger charge is 2.31. The van der Waals surface area contributed by atoms with E-state index in [1.54, 1.807) is 0 Å². The number of thiophene rings is 1. The van der Waals surface area contributed by atoms with Gasteiger partial charge >= 0.3 is 0 Å². The maximum absolute atomic E-state index is 12.4. The fourth-order valence-corrected chi connectivity index (χ4v) is 5.09. The van der Waals surface area contributed by atoms with E-state index >= 15 is 0 Å². The van der Waals surface area contributed by atoms with Gasteiger partial charge in [0.15, 0.2) is 0 Å². The Balaban J connectivity index is 2.32. The summed E-state index contributed by atoms with van der Waals surface area (Å²) in [4.78, 5) is 13.2. The molecule has 0 aliphatic carbocycles. The van der Waals surface area contributed by atoms with E-state index in [0.717, 1.165) is 11.3 Å². The van der Waals surface area contributed by atoms with Gasteiger partial charge in [0.05, 0.1) is 5.02 Å². The van der Waals surface area contributed by atoms with Gasteiger partial charge in [0.25, 0.3) is 5.91 Å². The molecule has 1 aliphatic heterocycles. The van der Waals surface area contributed by atoms with E-state index in [4.69, 9.17) is 17.3 Å². The first-order valence-corrected chi connectivity index (χ1v) is 8.29. The fraction of sp³-hybridized carbons (Fsp3) is 0.500. The molecular weight excluding hydrogens is 310 g/mol. The first-order valence-electron chi connectivity index (χ1n) is 5.59. The molecule has 1 aromatic heterocycles. The maximum Gasteiger partial charge on any atom is 0.260 e. The van der Waals surface area contributed by atoms with E-state index in [9.17, 15) is 13.2 Å². The predicted molar refractivity (Wildman–Crippen MR) is 74.1 cm³/mol. The number of hydrogen-bond acceptors (Lipinski definition) is 5. The molecule has 0 radical (unpaired) electrons. The van der Waals surface area contributed by atoms with E-state index < -0.39 is 15.9 Å². The molecule has 1 saturated heterocycles. The number of piperazine rings is 1. The molecule has 0 unspecified atom stereocenters. The fourth-order valence-electron chi connectivity index (χ4n) is 1.84. The summed E-state index contributed by atoms with van der Waals surface area (Å²) < 4.78 is 26.2. The van der Waals surface area contributed by atoms with Gasteiger partial charge in [-0.1, -0.05) is 11.6 Å². The number of amides is 1. The van der Waals surface area contributed by atoms with Crippen molar-refractivity contribution in [3.63, 3.8) is 0 Å². The highest BCUT2D eigenvalue weighted by atomic mass is 35.5. The second kappa shape index (κ2) is 5.37. The molecule has 2 heterocycles. The Labute approximate surface area is 120 Å². The smallest absolute Gasteiger partial charge is 0.260 e. The van der Waals surface area contributed by atoms with Gasteiger partial charge in [-0.25, -0.2) is 8.42 Å². The van der Waals surface area contributed by atoms with Gasteiger partial charge in [0, 0.05) is 31.6 Å². The van der Waals surface area contributed by atoms with Crippen LogP contribution >= 0.6 is 22.9 Å². The summed E-state index contributed by atoms with van der Waals surface area (Å²) in [5.41, 5.74) is 5.14. The Morgan fingerprint density at radius 2 is 1.95 bits per heavy atom. The predicted octanol–water partition coefficient (Wildman–Crippen LogP) is 0.436. The third-order valence-corrected chi connectivity index (χ3v) is 6.69. The Kier molecular flexibility index (Phi) is 4.17. The summed E-state index contributed by atoms with van der Waals surface area (Å²) >= 11 is 6.90. The van der Waals surface area contributed by atoms with Crippen LogP contribution in [0.4, 0.5) is 0 Å². The molecular formula is C10H14ClN3O3S2. The Morgan fingerprint density at radius 3 is 2.42 bits per heavy atom. The molecule has 1 aromatic rings. The van der Waals surface area contributed by atoms with Crippen LogP contribution in [0.5, 0.6) is 0 Å². The first-order chi connectivity index (χ1) is 8.84. The van der Waals surface area contributed by atoms with Crippen molar-refractivity contribution in [2.75, 3.05) is 33.2 Å². The molecule has 1 fully saturated rings. The van der Waals surface area contributed by atoms with Crippen molar-refractivity contribution < 1.29 is 13.2 Å². The lowest BCUT2D eigenvalue weighted by Crippen LogP contribution is -2.47. The molecule has 19 heavy (non-hydrogen) atoms. The number of hydrogen-bond donors (Lipinski definition) is 1. The van der Waals surface area contributed by atoms with Crippen molar-refractivity contribution in [3.8, 4) is 0 Å². The summed E-state index contributed by atoms with van der Waals surface area (Å²) in [6.07, 6.45) is 0.